The molecule has 0 aliphatic carbocycles. The van der Waals surface area contributed by atoms with Gasteiger partial charge < -0.3 is 9.84 Å². The number of hydrogen-bond donors (Lipinski definition) is 1. The zero-order chi connectivity index (χ0) is 8.97. The summed E-state index contributed by atoms with van der Waals surface area (Å²) < 4.78 is 5.15. The predicted octanol–water partition coefficient (Wildman–Crippen LogP) is 1.59. The minimum atomic E-state index is -0.813. The highest BCUT2D eigenvalue weighted by Crippen LogP contribution is 2.19. The van der Waals surface area contributed by atoms with Crippen LogP contribution in [0.25, 0.3) is 0 Å². The van der Waals surface area contributed by atoms with Crippen LogP contribution in [0.4, 0.5) is 0 Å². The summed E-state index contributed by atoms with van der Waals surface area (Å²) in [7, 11) is 0. The highest BCUT2D eigenvalue weighted by Gasteiger charge is 2.21. The average Bonchev–Trinajstić information content (AvgIpc) is 1.93. The van der Waals surface area contributed by atoms with Crippen LogP contribution in [0.1, 0.15) is 26.2 Å². The monoisotopic (exact) mass is 170 g/mol. The third-order valence-corrected chi connectivity index (χ3v) is 1.97. The maximum absolute atomic E-state index is 10.6. The van der Waals surface area contributed by atoms with Gasteiger partial charge in [-0.3, -0.25) is 0 Å². The van der Waals surface area contributed by atoms with Crippen molar-refractivity contribution in [2.24, 2.45) is 0 Å². The van der Waals surface area contributed by atoms with Gasteiger partial charge in [0.05, 0.1) is 6.10 Å². The second-order valence-corrected chi connectivity index (χ2v) is 2.93. The normalized spacial score (nSPS) is 23.4. The van der Waals surface area contributed by atoms with E-state index in [9.17, 15) is 4.79 Å². The standard InChI is InChI=1S/C9H14O3/c1-2-3-7(9(10)11)6-8-4-5-12-8/h3,8H,2,4-6H2,1H3,(H,10,11). The summed E-state index contributed by atoms with van der Waals surface area (Å²) in [5, 5.41) is 8.75. The number of carboxylic acids is 1. The van der Waals surface area contributed by atoms with Crippen LogP contribution in [0.15, 0.2) is 11.6 Å². The highest BCUT2D eigenvalue weighted by molar-refractivity contribution is 5.86. The minimum Gasteiger partial charge on any atom is -0.478 e. The lowest BCUT2D eigenvalue weighted by molar-refractivity contribution is -0.133. The van der Waals surface area contributed by atoms with E-state index in [1.807, 2.05) is 6.92 Å². The molecule has 0 aromatic carbocycles. The van der Waals surface area contributed by atoms with E-state index in [1.54, 1.807) is 6.08 Å². The molecule has 1 saturated heterocycles. The second kappa shape index (κ2) is 4.26. The average molecular weight is 170 g/mol. The molecule has 68 valence electrons. The summed E-state index contributed by atoms with van der Waals surface area (Å²) in [6.07, 6.45) is 4.23. The fourth-order valence-electron chi connectivity index (χ4n) is 1.20. The summed E-state index contributed by atoms with van der Waals surface area (Å²) in [5.41, 5.74) is 0.488. The van der Waals surface area contributed by atoms with Crippen LogP contribution in [0.5, 0.6) is 0 Å². The van der Waals surface area contributed by atoms with E-state index in [0.29, 0.717) is 12.0 Å². The Kier molecular flexibility index (Phi) is 3.29. The van der Waals surface area contributed by atoms with Crippen molar-refractivity contribution in [2.45, 2.75) is 32.3 Å². The number of carbonyl (C=O) groups is 1. The van der Waals surface area contributed by atoms with Gasteiger partial charge in [0, 0.05) is 18.6 Å². The second-order valence-electron chi connectivity index (χ2n) is 2.93. The molecule has 1 N–H and O–H groups in total. The molecule has 3 nitrogen and oxygen atoms in total. The molecule has 1 atom stereocenters. The highest BCUT2D eigenvalue weighted by atomic mass is 16.5. The van der Waals surface area contributed by atoms with Gasteiger partial charge in [-0.2, -0.15) is 0 Å². The number of hydrogen-bond acceptors (Lipinski definition) is 2. The molecule has 1 fully saturated rings. The van der Waals surface area contributed by atoms with Crippen LogP contribution in [0.3, 0.4) is 0 Å². The van der Waals surface area contributed by atoms with Crippen LogP contribution in [0, 0.1) is 0 Å². The van der Waals surface area contributed by atoms with Crippen molar-refractivity contribution in [3.63, 3.8) is 0 Å². The summed E-state index contributed by atoms with van der Waals surface area (Å²) in [6.45, 7) is 2.72. The Balaban J connectivity index is 2.42. The quantitative estimate of drug-likeness (QED) is 0.651. The maximum atomic E-state index is 10.6. The first kappa shape index (κ1) is 9.26. The third kappa shape index (κ3) is 2.34. The van der Waals surface area contributed by atoms with Crippen molar-refractivity contribution in [1.29, 1.82) is 0 Å². The van der Waals surface area contributed by atoms with E-state index in [2.05, 4.69) is 0 Å². The molecule has 12 heavy (non-hydrogen) atoms. The smallest absolute Gasteiger partial charge is 0.331 e. The largest absolute Gasteiger partial charge is 0.478 e. The van der Waals surface area contributed by atoms with Crippen LogP contribution >= 0.6 is 0 Å². The first-order chi connectivity index (χ1) is 5.74. The molecule has 0 spiro atoms. The molecule has 0 aromatic rings. The van der Waals surface area contributed by atoms with Crippen LogP contribution < -0.4 is 0 Å². The molecule has 1 unspecified atom stereocenters. The maximum Gasteiger partial charge on any atom is 0.331 e. The lowest BCUT2D eigenvalue weighted by Gasteiger charge is -2.26. The lowest BCUT2D eigenvalue weighted by atomic mass is 10.0. The van der Waals surface area contributed by atoms with Crippen molar-refractivity contribution in [3.05, 3.63) is 11.6 Å². The zero-order valence-electron chi connectivity index (χ0n) is 7.25. The minimum absolute atomic E-state index is 0.152. The van der Waals surface area contributed by atoms with Gasteiger partial charge in [-0.05, 0) is 12.8 Å². The first-order valence-corrected chi connectivity index (χ1v) is 4.28. The van der Waals surface area contributed by atoms with Gasteiger partial charge in [0.2, 0.25) is 0 Å². The van der Waals surface area contributed by atoms with Gasteiger partial charge in [-0.25, -0.2) is 4.79 Å². The molecule has 0 aromatic heterocycles. The molecular weight excluding hydrogens is 156 g/mol. The van der Waals surface area contributed by atoms with E-state index in [0.717, 1.165) is 19.4 Å². The van der Waals surface area contributed by atoms with Crippen molar-refractivity contribution in [2.75, 3.05) is 6.61 Å². The summed E-state index contributed by atoms with van der Waals surface area (Å²) in [6, 6.07) is 0. The topological polar surface area (TPSA) is 46.5 Å². The van der Waals surface area contributed by atoms with Gasteiger partial charge >= 0.3 is 5.97 Å². The van der Waals surface area contributed by atoms with Crippen molar-refractivity contribution in [3.8, 4) is 0 Å². The first-order valence-electron chi connectivity index (χ1n) is 4.28. The summed E-state index contributed by atoms with van der Waals surface area (Å²) in [4.78, 5) is 10.6. The van der Waals surface area contributed by atoms with Gasteiger partial charge in [0.15, 0.2) is 0 Å². The summed E-state index contributed by atoms with van der Waals surface area (Å²) in [5.74, 6) is -0.813. The number of carboxylic acid groups (broad SMARTS) is 1. The van der Waals surface area contributed by atoms with E-state index in [4.69, 9.17) is 9.84 Å². The van der Waals surface area contributed by atoms with Crippen LogP contribution in [-0.2, 0) is 9.53 Å². The molecule has 1 aliphatic rings. The molecular formula is C9H14O3. The lowest BCUT2D eigenvalue weighted by Crippen LogP contribution is -2.28. The summed E-state index contributed by atoms with van der Waals surface area (Å²) >= 11 is 0. The van der Waals surface area contributed by atoms with E-state index in [-0.39, 0.29) is 6.10 Å². The molecule has 1 aliphatic heterocycles. The van der Waals surface area contributed by atoms with Gasteiger partial charge in [0.1, 0.15) is 0 Å². The number of allylic oxidation sites excluding steroid dienone is 1. The third-order valence-electron chi connectivity index (χ3n) is 1.97. The van der Waals surface area contributed by atoms with Crippen molar-refractivity contribution < 1.29 is 14.6 Å². The number of rotatable bonds is 4. The van der Waals surface area contributed by atoms with E-state index in [1.165, 1.54) is 0 Å². The fourth-order valence-corrected chi connectivity index (χ4v) is 1.20. The molecule has 0 saturated carbocycles. The Bertz CT molecular complexity index is 192. The molecule has 1 heterocycles. The molecule has 3 heteroatoms. The number of aliphatic carboxylic acids is 1. The SMILES string of the molecule is CCC=C(CC1CCO1)C(=O)O. The Morgan fingerprint density at radius 3 is 2.75 bits per heavy atom. The molecule has 0 amide bonds. The van der Waals surface area contributed by atoms with Gasteiger partial charge in [-0.1, -0.05) is 13.0 Å². The van der Waals surface area contributed by atoms with Crippen LogP contribution in [0.2, 0.25) is 0 Å². The Morgan fingerprint density at radius 1 is 1.75 bits per heavy atom. The zero-order valence-corrected chi connectivity index (χ0v) is 7.25. The Labute approximate surface area is 72.0 Å². The fraction of sp³-hybridized carbons (Fsp3) is 0.667. The molecule has 0 bridgehead atoms. The van der Waals surface area contributed by atoms with E-state index < -0.39 is 5.97 Å². The number of ether oxygens (including phenoxy) is 1. The molecule has 0 radical (unpaired) electrons. The predicted molar refractivity (Wildman–Crippen MR) is 45.0 cm³/mol. The Hall–Kier alpha value is -0.830. The Morgan fingerprint density at radius 2 is 2.42 bits per heavy atom. The van der Waals surface area contributed by atoms with E-state index >= 15 is 0 Å². The van der Waals surface area contributed by atoms with Crippen molar-refractivity contribution >= 4 is 5.97 Å². The van der Waals surface area contributed by atoms with Gasteiger partial charge in [0.25, 0.3) is 0 Å². The van der Waals surface area contributed by atoms with Crippen LogP contribution in [-0.4, -0.2) is 23.8 Å². The van der Waals surface area contributed by atoms with Crippen molar-refractivity contribution in [1.82, 2.24) is 0 Å². The molecule has 1 rings (SSSR count). The van der Waals surface area contributed by atoms with Gasteiger partial charge in [-0.15, -0.1) is 0 Å².